The number of nitrogens with one attached hydrogen (secondary N) is 1. The Morgan fingerprint density at radius 1 is 1.29 bits per heavy atom. The summed E-state index contributed by atoms with van der Waals surface area (Å²) in [5.41, 5.74) is 0.843. The fraction of sp³-hybridized carbons (Fsp3) is 0.250. The number of hydrogen-bond donors (Lipinski definition) is 1. The van der Waals surface area contributed by atoms with Gasteiger partial charge in [0.15, 0.2) is 5.17 Å². The third kappa shape index (κ3) is 5.24. The van der Waals surface area contributed by atoms with Crippen molar-refractivity contribution in [2.75, 3.05) is 7.11 Å². The fourth-order valence-electron chi connectivity index (χ4n) is 1.69. The second kappa shape index (κ2) is 8.30. The van der Waals surface area contributed by atoms with Gasteiger partial charge in [-0.05, 0) is 55.4 Å². The average Bonchev–Trinajstić information content (AvgIpc) is 2.88. The van der Waals surface area contributed by atoms with Crippen LogP contribution in [0.1, 0.15) is 19.4 Å². The zero-order chi connectivity index (χ0) is 17.5. The van der Waals surface area contributed by atoms with E-state index < -0.39 is 11.9 Å². The zero-order valence-corrected chi connectivity index (χ0v) is 14.3. The molecule has 8 heteroatoms. The van der Waals surface area contributed by atoms with Crippen molar-refractivity contribution in [2.24, 2.45) is 10.2 Å². The maximum absolute atomic E-state index is 11.6. The number of benzene rings is 1. The molecule has 0 atom stereocenters. The van der Waals surface area contributed by atoms with Crippen molar-refractivity contribution < 1.29 is 19.1 Å². The van der Waals surface area contributed by atoms with Crippen LogP contribution in [0.25, 0.3) is 0 Å². The molecule has 0 bridgehead atoms. The molecule has 0 aromatic heterocycles. The van der Waals surface area contributed by atoms with Crippen molar-refractivity contribution in [3.8, 4) is 5.75 Å². The molecule has 0 spiro atoms. The van der Waals surface area contributed by atoms with Crippen LogP contribution in [0, 0.1) is 0 Å². The topological polar surface area (TPSA) is 89.3 Å². The summed E-state index contributed by atoms with van der Waals surface area (Å²) in [5, 5.41) is 10.7. The van der Waals surface area contributed by atoms with Crippen LogP contribution in [0.2, 0.25) is 0 Å². The summed E-state index contributed by atoms with van der Waals surface area (Å²) >= 11 is 1.02. The van der Waals surface area contributed by atoms with Crippen LogP contribution < -0.4 is 10.1 Å². The minimum atomic E-state index is -0.596. The number of amidine groups is 1. The molecule has 1 N–H and O–H groups in total. The van der Waals surface area contributed by atoms with E-state index in [1.807, 2.05) is 38.1 Å². The van der Waals surface area contributed by atoms with E-state index in [0.29, 0.717) is 5.17 Å². The second-order valence-electron chi connectivity index (χ2n) is 4.97. The number of esters is 1. The molecule has 126 valence electrons. The Balaban J connectivity index is 1.98. The van der Waals surface area contributed by atoms with Gasteiger partial charge in [-0.2, -0.15) is 5.10 Å². The van der Waals surface area contributed by atoms with Crippen LogP contribution in [0.4, 0.5) is 0 Å². The SMILES string of the molecule is COC(=O)/C=C1/S/C(=N\N=Cc2ccc(OC(C)C)cc2)NC1=O. The number of amides is 1. The maximum Gasteiger partial charge on any atom is 0.331 e. The molecule has 1 saturated heterocycles. The highest BCUT2D eigenvalue weighted by Crippen LogP contribution is 2.23. The van der Waals surface area contributed by atoms with Crippen molar-refractivity contribution >= 4 is 35.0 Å². The van der Waals surface area contributed by atoms with Crippen molar-refractivity contribution in [1.29, 1.82) is 0 Å². The molecule has 1 aliphatic heterocycles. The smallest absolute Gasteiger partial charge is 0.331 e. The Kier molecular flexibility index (Phi) is 6.14. The third-order valence-corrected chi connectivity index (χ3v) is 3.61. The first kappa shape index (κ1) is 17.7. The van der Waals surface area contributed by atoms with Gasteiger partial charge in [0.2, 0.25) is 0 Å². The Bertz CT molecular complexity index is 709. The van der Waals surface area contributed by atoms with Crippen molar-refractivity contribution in [3.63, 3.8) is 0 Å². The normalized spacial score (nSPS) is 17.8. The van der Waals surface area contributed by atoms with Crippen molar-refractivity contribution in [1.82, 2.24) is 5.32 Å². The van der Waals surface area contributed by atoms with E-state index in [-0.39, 0.29) is 11.0 Å². The number of methoxy groups -OCH3 is 1. The molecule has 1 heterocycles. The Hall–Kier alpha value is -2.61. The zero-order valence-electron chi connectivity index (χ0n) is 13.5. The molecule has 2 rings (SSSR count). The summed E-state index contributed by atoms with van der Waals surface area (Å²) in [6.07, 6.45) is 2.78. The van der Waals surface area contributed by atoms with Crippen LogP contribution in [-0.2, 0) is 14.3 Å². The number of thioether (sulfide) groups is 1. The lowest BCUT2D eigenvalue weighted by Crippen LogP contribution is -2.19. The number of nitrogens with zero attached hydrogens (tertiary/aromatic N) is 2. The van der Waals surface area contributed by atoms with E-state index in [1.165, 1.54) is 7.11 Å². The summed E-state index contributed by atoms with van der Waals surface area (Å²) < 4.78 is 10.0. The predicted molar refractivity (Wildman–Crippen MR) is 93.1 cm³/mol. The lowest BCUT2D eigenvalue weighted by Gasteiger charge is -2.08. The predicted octanol–water partition coefficient (Wildman–Crippen LogP) is 2.08. The largest absolute Gasteiger partial charge is 0.491 e. The molecule has 0 aliphatic carbocycles. The summed E-state index contributed by atoms with van der Waals surface area (Å²) in [4.78, 5) is 23.0. The van der Waals surface area contributed by atoms with Crippen LogP contribution in [0.5, 0.6) is 5.75 Å². The first-order valence-electron chi connectivity index (χ1n) is 7.14. The summed E-state index contributed by atoms with van der Waals surface area (Å²) in [7, 11) is 1.24. The van der Waals surface area contributed by atoms with Gasteiger partial charge in [-0.3, -0.25) is 10.1 Å². The monoisotopic (exact) mass is 347 g/mol. The summed E-state index contributed by atoms with van der Waals surface area (Å²) in [5.74, 6) is -0.222. The van der Waals surface area contributed by atoms with Gasteiger partial charge in [-0.25, -0.2) is 4.79 Å². The first-order chi connectivity index (χ1) is 11.5. The molecule has 1 amide bonds. The van der Waals surface area contributed by atoms with Crippen molar-refractivity contribution in [2.45, 2.75) is 20.0 Å². The molecule has 1 aliphatic rings. The summed E-state index contributed by atoms with van der Waals surface area (Å²) in [6.45, 7) is 3.92. The second-order valence-corrected chi connectivity index (χ2v) is 6.00. The maximum atomic E-state index is 11.6. The van der Waals surface area contributed by atoms with Crippen LogP contribution in [0.15, 0.2) is 45.4 Å². The highest BCUT2D eigenvalue weighted by Gasteiger charge is 2.24. The quantitative estimate of drug-likeness (QED) is 0.381. The minimum absolute atomic E-state index is 0.117. The first-order valence-corrected chi connectivity index (χ1v) is 7.96. The van der Waals surface area contributed by atoms with E-state index in [2.05, 4.69) is 20.3 Å². The molecule has 7 nitrogen and oxygen atoms in total. The molecule has 24 heavy (non-hydrogen) atoms. The van der Waals surface area contributed by atoms with E-state index in [9.17, 15) is 9.59 Å². The van der Waals surface area contributed by atoms with Gasteiger partial charge < -0.3 is 9.47 Å². The van der Waals surface area contributed by atoms with Gasteiger partial charge in [0.1, 0.15) is 5.75 Å². The van der Waals surface area contributed by atoms with Gasteiger partial charge in [-0.1, -0.05) is 0 Å². The van der Waals surface area contributed by atoms with Crippen LogP contribution >= 0.6 is 11.8 Å². The number of hydrogen-bond acceptors (Lipinski definition) is 7. The molecular formula is C16H17N3O4S. The highest BCUT2D eigenvalue weighted by molar-refractivity contribution is 8.18. The van der Waals surface area contributed by atoms with E-state index in [0.717, 1.165) is 29.2 Å². The van der Waals surface area contributed by atoms with Gasteiger partial charge in [-0.15, -0.1) is 5.10 Å². The van der Waals surface area contributed by atoms with Gasteiger partial charge >= 0.3 is 5.97 Å². The fourth-order valence-corrected chi connectivity index (χ4v) is 2.43. The van der Waals surface area contributed by atoms with Crippen molar-refractivity contribution in [3.05, 3.63) is 40.8 Å². The molecule has 0 saturated carbocycles. The number of carbonyl (C=O) groups excluding carboxylic acids is 2. The molecule has 0 radical (unpaired) electrons. The number of rotatable bonds is 5. The number of carbonyl (C=O) groups is 2. The third-order valence-electron chi connectivity index (χ3n) is 2.71. The molecule has 1 aromatic rings. The highest BCUT2D eigenvalue weighted by atomic mass is 32.2. The molecular weight excluding hydrogens is 330 g/mol. The van der Waals surface area contributed by atoms with Crippen LogP contribution in [-0.4, -0.2) is 36.5 Å². The van der Waals surface area contributed by atoms with Gasteiger partial charge in [0.05, 0.1) is 24.3 Å². The molecule has 1 fully saturated rings. The van der Waals surface area contributed by atoms with Gasteiger partial charge in [0, 0.05) is 6.08 Å². The lowest BCUT2D eigenvalue weighted by atomic mass is 10.2. The average molecular weight is 347 g/mol. The van der Waals surface area contributed by atoms with E-state index >= 15 is 0 Å². The molecule has 0 unspecified atom stereocenters. The van der Waals surface area contributed by atoms with Gasteiger partial charge in [0.25, 0.3) is 5.91 Å². The number of ether oxygens (including phenoxy) is 2. The lowest BCUT2D eigenvalue weighted by molar-refractivity contribution is -0.135. The van der Waals surface area contributed by atoms with Crippen LogP contribution in [0.3, 0.4) is 0 Å². The molecule has 1 aromatic carbocycles. The Labute approximate surface area is 143 Å². The standard InChI is InChI=1S/C16H17N3O4S/c1-10(2)23-12-6-4-11(5-7-12)9-17-19-16-18-15(21)13(24-16)8-14(20)22-3/h4-10H,1-3H3,(H,18,19,21)/b13-8+,17-9?. The van der Waals surface area contributed by atoms with E-state index in [1.54, 1.807) is 6.21 Å². The van der Waals surface area contributed by atoms with E-state index in [4.69, 9.17) is 4.74 Å². The summed E-state index contributed by atoms with van der Waals surface area (Å²) in [6, 6.07) is 7.39. The Morgan fingerprint density at radius 3 is 2.62 bits per heavy atom. The Morgan fingerprint density at radius 2 is 2.00 bits per heavy atom. The minimum Gasteiger partial charge on any atom is -0.491 e.